The third kappa shape index (κ3) is 2.80. The highest BCUT2D eigenvalue weighted by Crippen LogP contribution is 2.31. The minimum absolute atomic E-state index is 0.0216. The van der Waals surface area contributed by atoms with E-state index < -0.39 is 34.8 Å². The van der Waals surface area contributed by atoms with Crippen LogP contribution in [0.3, 0.4) is 0 Å². The van der Waals surface area contributed by atoms with Crippen molar-refractivity contribution in [2.45, 2.75) is 13.1 Å². The van der Waals surface area contributed by atoms with Crippen molar-refractivity contribution in [3.05, 3.63) is 34.8 Å². The summed E-state index contributed by atoms with van der Waals surface area (Å²) < 4.78 is 40.9. The molecule has 17 heavy (non-hydrogen) atoms. The summed E-state index contributed by atoms with van der Waals surface area (Å²) in [5, 5.41) is 18.1. The Labute approximate surface area is 94.3 Å². The first-order valence-electron chi connectivity index (χ1n) is 4.57. The number of carbonyl (C=O) groups is 1. The second-order valence-electron chi connectivity index (χ2n) is 3.11. The lowest BCUT2D eigenvalue weighted by molar-refractivity contribution is -0.138. The highest BCUT2D eigenvalue weighted by atomic mass is 19.4. The lowest BCUT2D eigenvalue weighted by atomic mass is 10.2. The first kappa shape index (κ1) is 13.1. The fraction of sp³-hybridized carbons (Fsp3) is 0.300. The molecule has 0 aromatic rings. The van der Waals surface area contributed by atoms with Crippen LogP contribution >= 0.6 is 0 Å². The molecule has 0 aliphatic heterocycles. The van der Waals surface area contributed by atoms with Crippen LogP contribution in [0.5, 0.6) is 0 Å². The van der Waals surface area contributed by atoms with Crippen LogP contribution in [0, 0.1) is 0 Å². The van der Waals surface area contributed by atoms with Crippen LogP contribution in [-0.4, -0.2) is 29.0 Å². The fourth-order valence-corrected chi connectivity index (χ4v) is 1.17. The number of aliphatic hydroxyl groups excluding tert-OH is 2. The number of rotatable bonds is 2. The molecule has 1 rings (SSSR count). The van der Waals surface area contributed by atoms with E-state index in [0.29, 0.717) is 6.08 Å². The van der Waals surface area contributed by atoms with Crippen molar-refractivity contribution in [1.82, 2.24) is 0 Å². The maximum Gasteiger partial charge on any atom is 0.449 e. The van der Waals surface area contributed by atoms with Crippen molar-refractivity contribution >= 4 is 5.97 Å². The molecule has 0 spiro atoms. The average molecular weight is 250 g/mol. The van der Waals surface area contributed by atoms with E-state index in [0.717, 1.165) is 6.08 Å². The average Bonchev–Trinajstić information content (AvgIpc) is 2.58. The molecule has 1 aliphatic carbocycles. The molecule has 0 saturated heterocycles. The Morgan fingerprint density at radius 1 is 1.41 bits per heavy atom. The Bertz CT molecular complexity index is 429. The van der Waals surface area contributed by atoms with Crippen molar-refractivity contribution in [2.24, 2.45) is 0 Å². The summed E-state index contributed by atoms with van der Waals surface area (Å²) >= 11 is 0. The minimum atomic E-state index is -4.94. The quantitative estimate of drug-likeness (QED) is 0.583. The van der Waals surface area contributed by atoms with Crippen LogP contribution in [0.2, 0.25) is 0 Å². The lowest BCUT2D eigenvalue weighted by Crippen LogP contribution is -2.12. The molecule has 0 fully saturated rings. The summed E-state index contributed by atoms with van der Waals surface area (Å²) in [5.41, 5.74) is -1.10. The predicted molar refractivity (Wildman–Crippen MR) is 51.1 cm³/mol. The standard InChI is InChI=1S/C10H9F3O4/c1-2-17-9(16)6-3-5(4-7(6)14)8(15)10(11,12)13/h3-4,14-15H,2H2,1H3/b8-5-. The van der Waals surface area contributed by atoms with Gasteiger partial charge in [0.1, 0.15) is 11.3 Å². The monoisotopic (exact) mass is 250 g/mol. The van der Waals surface area contributed by atoms with Gasteiger partial charge >= 0.3 is 12.1 Å². The molecule has 1 aliphatic rings. The molecule has 0 atom stereocenters. The molecule has 4 nitrogen and oxygen atoms in total. The summed E-state index contributed by atoms with van der Waals surface area (Å²) in [5.74, 6) is -3.50. The number of halogens is 3. The van der Waals surface area contributed by atoms with Crippen LogP contribution in [0.4, 0.5) is 13.2 Å². The molecule has 2 N–H and O–H groups in total. The first-order valence-corrected chi connectivity index (χ1v) is 4.57. The van der Waals surface area contributed by atoms with Crippen molar-refractivity contribution < 1.29 is 32.9 Å². The van der Waals surface area contributed by atoms with Gasteiger partial charge in [0.05, 0.1) is 6.61 Å². The van der Waals surface area contributed by atoms with Crippen molar-refractivity contribution in [3.8, 4) is 0 Å². The SMILES string of the molecule is CCOC(=O)C1=C/C(=C(/O)C(F)(F)F)C=C1O. The number of ether oxygens (including phenoxy) is 1. The Morgan fingerprint density at radius 3 is 2.47 bits per heavy atom. The number of alkyl halides is 3. The van der Waals surface area contributed by atoms with Crippen LogP contribution < -0.4 is 0 Å². The maximum absolute atomic E-state index is 12.1. The van der Waals surface area contributed by atoms with Gasteiger partial charge in [0, 0.05) is 5.57 Å². The second kappa shape index (κ2) is 4.52. The summed E-state index contributed by atoms with van der Waals surface area (Å²) in [7, 11) is 0. The Kier molecular flexibility index (Phi) is 3.50. The van der Waals surface area contributed by atoms with Crippen LogP contribution in [0.15, 0.2) is 34.8 Å². The molecule has 0 saturated carbocycles. The topological polar surface area (TPSA) is 66.8 Å². The van der Waals surface area contributed by atoms with Crippen molar-refractivity contribution in [3.63, 3.8) is 0 Å². The maximum atomic E-state index is 12.1. The molecule has 0 heterocycles. The molecule has 0 radical (unpaired) electrons. The minimum Gasteiger partial charge on any atom is -0.507 e. The van der Waals surface area contributed by atoms with E-state index >= 15 is 0 Å². The number of carbonyl (C=O) groups excluding carboxylic acids is 1. The summed E-state index contributed by atoms with van der Waals surface area (Å²) in [4.78, 5) is 11.2. The third-order valence-electron chi connectivity index (χ3n) is 1.91. The zero-order valence-electron chi connectivity index (χ0n) is 8.71. The van der Waals surface area contributed by atoms with Gasteiger partial charge in [-0.25, -0.2) is 4.79 Å². The van der Waals surface area contributed by atoms with Crippen molar-refractivity contribution in [2.75, 3.05) is 6.61 Å². The van der Waals surface area contributed by atoms with Gasteiger partial charge in [-0.15, -0.1) is 0 Å². The number of hydrogen-bond acceptors (Lipinski definition) is 4. The van der Waals surface area contributed by atoms with E-state index in [1.807, 2.05) is 0 Å². The van der Waals surface area contributed by atoms with Crippen molar-refractivity contribution in [1.29, 1.82) is 0 Å². The number of allylic oxidation sites excluding steroid dienone is 4. The summed E-state index contributed by atoms with van der Waals surface area (Å²) in [6.07, 6.45) is -3.57. The van der Waals surface area contributed by atoms with Crippen LogP contribution in [-0.2, 0) is 9.53 Å². The van der Waals surface area contributed by atoms with E-state index in [1.54, 1.807) is 0 Å². The Morgan fingerprint density at radius 2 is 2.00 bits per heavy atom. The van der Waals surface area contributed by atoms with Gasteiger partial charge in [0.15, 0.2) is 0 Å². The highest BCUT2D eigenvalue weighted by molar-refractivity contribution is 5.95. The molecule has 0 aromatic heterocycles. The fourth-order valence-electron chi connectivity index (χ4n) is 1.17. The van der Waals surface area contributed by atoms with E-state index in [9.17, 15) is 23.1 Å². The number of hydrogen-bond donors (Lipinski definition) is 2. The van der Waals surface area contributed by atoms with Gasteiger partial charge in [-0.05, 0) is 19.1 Å². The van der Waals surface area contributed by atoms with Crippen LogP contribution in [0.25, 0.3) is 0 Å². The highest BCUT2D eigenvalue weighted by Gasteiger charge is 2.37. The van der Waals surface area contributed by atoms with Gasteiger partial charge in [-0.1, -0.05) is 0 Å². The second-order valence-corrected chi connectivity index (χ2v) is 3.11. The molecule has 0 amide bonds. The van der Waals surface area contributed by atoms with Gasteiger partial charge in [0.2, 0.25) is 5.76 Å². The molecular formula is C10H9F3O4. The summed E-state index contributed by atoms with van der Waals surface area (Å²) in [6.45, 7) is 1.53. The van der Waals surface area contributed by atoms with Gasteiger partial charge < -0.3 is 14.9 Å². The predicted octanol–water partition coefficient (Wildman–Crippen LogP) is 2.31. The van der Waals surface area contributed by atoms with Gasteiger partial charge in [-0.2, -0.15) is 13.2 Å². The normalized spacial score (nSPS) is 18.6. The molecule has 7 heteroatoms. The zero-order chi connectivity index (χ0) is 13.2. The van der Waals surface area contributed by atoms with Gasteiger partial charge in [0.25, 0.3) is 0 Å². The number of esters is 1. The smallest absolute Gasteiger partial charge is 0.449 e. The molecule has 0 bridgehead atoms. The largest absolute Gasteiger partial charge is 0.507 e. The van der Waals surface area contributed by atoms with E-state index in [2.05, 4.69) is 4.74 Å². The lowest BCUT2D eigenvalue weighted by Gasteiger charge is -2.05. The zero-order valence-corrected chi connectivity index (χ0v) is 8.71. The molecule has 0 unspecified atom stereocenters. The van der Waals surface area contributed by atoms with E-state index in [4.69, 9.17) is 5.11 Å². The van der Waals surface area contributed by atoms with E-state index in [-0.39, 0.29) is 6.61 Å². The first-order chi connectivity index (χ1) is 7.77. The molecule has 94 valence electrons. The third-order valence-corrected chi connectivity index (χ3v) is 1.91. The molecular weight excluding hydrogens is 241 g/mol. The van der Waals surface area contributed by atoms with E-state index in [1.165, 1.54) is 6.92 Å². The Hall–Kier alpha value is -1.92. The van der Waals surface area contributed by atoms with Gasteiger partial charge in [-0.3, -0.25) is 0 Å². The summed E-state index contributed by atoms with van der Waals surface area (Å²) in [6, 6.07) is 0. The number of aliphatic hydroxyl groups is 2. The molecule has 0 aromatic carbocycles. The Balaban J connectivity index is 3.09. The van der Waals surface area contributed by atoms with Crippen LogP contribution in [0.1, 0.15) is 6.92 Å².